The summed E-state index contributed by atoms with van der Waals surface area (Å²) in [6.45, 7) is 0. The molecule has 4 rings (SSSR count). The zero-order chi connectivity index (χ0) is 20.9. The molecule has 6 heteroatoms. The molecule has 3 aromatic rings. The first-order chi connectivity index (χ1) is 14.6. The summed E-state index contributed by atoms with van der Waals surface area (Å²) in [5, 5.41) is 3.09. The minimum Gasteiger partial charge on any atom is -0.459 e. The van der Waals surface area contributed by atoms with Crippen molar-refractivity contribution >= 4 is 17.5 Å². The van der Waals surface area contributed by atoms with Crippen LogP contribution in [-0.4, -0.2) is 17.9 Å². The Morgan fingerprint density at radius 3 is 2.43 bits per heavy atom. The fourth-order valence-electron chi connectivity index (χ4n) is 3.93. The van der Waals surface area contributed by atoms with Gasteiger partial charge in [0.05, 0.1) is 6.26 Å². The highest BCUT2D eigenvalue weighted by Crippen LogP contribution is 2.31. The Hall–Kier alpha value is -3.41. The van der Waals surface area contributed by atoms with Crippen LogP contribution in [0.3, 0.4) is 0 Å². The second-order valence-corrected chi connectivity index (χ2v) is 7.44. The van der Waals surface area contributed by atoms with E-state index in [2.05, 4.69) is 5.32 Å². The fourth-order valence-corrected chi connectivity index (χ4v) is 3.93. The molecule has 2 amide bonds. The lowest BCUT2D eigenvalue weighted by Crippen LogP contribution is -2.46. The van der Waals surface area contributed by atoms with Crippen molar-refractivity contribution in [3.05, 3.63) is 90.1 Å². The molecule has 1 aromatic heterocycles. The first-order valence-corrected chi connectivity index (χ1v) is 10.1. The van der Waals surface area contributed by atoms with Gasteiger partial charge in [-0.3, -0.25) is 14.5 Å². The molecule has 30 heavy (non-hydrogen) atoms. The van der Waals surface area contributed by atoms with Crippen molar-refractivity contribution < 1.29 is 18.4 Å². The Labute approximate surface area is 174 Å². The normalized spacial score (nSPS) is 15.0. The average molecular weight is 406 g/mol. The first-order valence-electron chi connectivity index (χ1n) is 10.1. The average Bonchev–Trinajstić information content (AvgIpc) is 3.46. The van der Waals surface area contributed by atoms with Crippen LogP contribution in [0, 0.1) is 5.82 Å². The summed E-state index contributed by atoms with van der Waals surface area (Å²) in [6.07, 6.45) is 5.37. The summed E-state index contributed by atoms with van der Waals surface area (Å²) in [5.74, 6) is -1.22. The van der Waals surface area contributed by atoms with E-state index in [1.54, 1.807) is 24.3 Å². The van der Waals surface area contributed by atoms with E-state index in [4.69, 9.17) is 4.42 Å². The molecule has 1 atom stereocenters. The Kier molecular flexibility index (Phi) is 5.93. The van der Waals surface area contributed by atoms with Gasteiger partial charge in [0.1, 0.15) is 11.9 Å². The number of halogens is 1. The monoisotopic (exact) mass is 406 g/mol. The van der Waals surface area contributed by atoms with Gasteiger partial charge in [-0.05, 0) is 48.7 Å². The number of anilines is 1. The summed E-state index contributed by atoms with van der Waals surface area (Å²) in [7, 11) is 0. The van der Waals surface area contributed by atoms with Crippen molar-refractivity contribution in [2.75, 3.05) is 4.90 Å². The van der Waals surface area contributed by atoms with E-state index < -0.39 is 17.8 Å². The zero-order valence-electron chi connectivity index (χ0n) is 16.5. The smallest absolute Gasteiger partial charge is 0.294 e. The summed E-state index contributed by atoms with van der Waals surface area (Å²) >= 11 is 0. The molecule has 0 spiro atoms. The molecule has 1 heterocycles. The quantitative estimate of drug-likeness (QED) is 0.636. The maximum Gasteiger partial charge on any atom is 0.294 e. The van der Waals surface area contributed by atoms with Crippen LogP contribution in [0.5, 0.6) is 0 Å². The lowest BCUT2D eigenvalue weighted by molar-refractivity contribution is -0.123. The third kappa shape index (κ3) is 4.27. The first kappa shape index (κ1) is 19.9. The SMILES string of the molecule is O=C(NC1CCCC1)[C@@H](c1ccccc1)N(C(=O)c1ccco1)c1cccc(F)c1. The highest BCUT2D eigenvalue weighted by Gasteiger charge is 2.35. The number of carbonyl (C=O) groups excluding carboxylic acids is 2. The summed E-state index contributed by atoms with van der Waals surface area (Å²) in [6, 6.07) is 17.0. The van der Waals surface area contributed by atoms with Gasteiger partial charge in [0, 0.05) is 11.7 Å². The number of benzene rings is 2. The van der Waals surface area contributed by atoms with Crippen molar-refractivity contribution in [2.45, 2.75) is 37.8 Å². The van der Waals surface area contributed by atoms with Crippen LogP contribution in [0.1, 0.15) is 47.8 Å². The predicted octanol–water partition coefficient (Wildman–Crippen LogP) is 4.87. The van der Waals surface area contributed by atoms with Crippen LogP contribution in [0.2, 0.25) is 0 Å². The Balaban J connectivity index is 1.79. The number of nitrogens with zero attached hydrogens (tertiary/aromatic N) is 1. The molecule has 1 fully saturated rings. The molecule has 0 saturated heterocycles. The van der Waals surface area contributed by atoms with Crippen LogP contribution in [0.15, 0.2) is 77.4 Å². The third-order valence-corrected chi connectivity index (χ3v) is 5.36. The van der Waals surface area contributed by atoms with Gasteiger partial charge in [-0.15, -0.1) is 0 Å². The molecule has 1 aliphatic carbocycles. The maximum absolute atomic E-state index is 14.1. The molecule has 5 nitrogen and oxygen atoms in total. The molecule has 1 N–H and O–H groups in total. The second kappa shape index (κ2) is 8.95. The highest BCUT2D eigenvalue weighted by atomic mass is 19.1. The largest absolute Gasteiger partial charge is 0.459 e. The Bertz CT molecular complexity index is 998. The van der Waals surface area contributed by atoms with E-state index in [0.717, 1.165) is 25.7 Å². The third-order valence-electron chi connectivity index (χ3n) is 5.36. The van der Waals surface area contributed by atoms with Gasteiger partial charge >= 0.3 is 0 Å². The molecule has 0 unspecified atom stereocenters. The maximum atomic E-state index is 14.1. The van der Waals surface area contributed by atoms with E-state index in [1.165, 1.54) is 35.4 Å². The van der Waals surface area contributed by atoms with Crippen LogP contribution in [0.25, 0.3) is 0 Å². The van der Waals surface area contributed by atoms with Crippen molar-refractivity contribution in [1.82, 2.24) is 5.32 Å². The van der Waals surface area contributed by atoms with Crippen molar-refractivity contribution in [3.63, 3.8) is 0 Å². The van der Waals surface area contributed by atoms with Gasteiger partial charge in [-0.2, -0.15) is 0 Å². The number of hydrogen-bond acceptors (Lipinski definition) is 3. The lowest BCUT2D eigenvalue weighted by Gasteiger charge is -2.31. The van der Waals surface area contributed by atoms with Gasteiger partial charge < -0.3 is 9.73 Å². The topological polar surface area (TPSA) is 62.6 Å². The van der Waals surface area contributed by atoms with Crippen LogP contribution in [-0.2, 0) is 4.79 Å². The van der Waals surface area contributed by atoms with Crippen molar-refractivity contribution in [3.8, 4) is 0 Å². The number of rotatable bonds is 6. The Morgan fingerprint density at radius 1 is 1.00 bits per heavy atom. The molecule has 0 radical (unpaired) electrons. The summed E-state index contributed by atoms with van der Waals surface area (Å²) < 4.78 is 19.4. The molecule has 2 aromatic carbocycles. The fraction of sp³-hybridized carbons (Fsp3) is 0.250. The van der Waals surface area contributed by atoms with Gasteiger partial charge in [0.2, 0.25) is 5.91 Å². The van der Waals surface area contributed by atoms with Crippen molar-refractivity contribution in [1.29, 1.82) is 0 Å². The Morgan fingerprint density at radius 2 is 1.77 bits per heavy atom. The standard InChI is InChI=1S/C24H23FN2O3/c25-18-10-6-13-20(16-18)27(24(29)21-14-7-15-30-21)22(17-8-2-1-3-9-17)23(28)26-19-11-4-5-12-19/h1-3,6-10,13-16,19,22H,4-5,11-12H2,(H,26,28)/t22-/m1/s1. The number of nitrogens with one attached hydrogen (secondary N) is 1. The summed E-state index contributed by atoms with van der Waals surface area (Å²) in [5.41, 5.74) is 0.920. The van der Waals surface area contributed by atoms with Crippen molar-refractivity contribution in [2.24, 2.45) is 0 Å². The number of amides is 2. The van der Waals surface area contributed by atoms with E-state index in [9.17, 15) is 14.0 Å². The zero-order valence-corrected chi connectivity index (χ0v) is 16.5. The van der Waals surface area contributed by atoms with Gasteiger partial charge in [0.15, 0.2) is 5.76 Å². The van der Waals surface area contributed by atoms with E-state index in [0.29, 0.717) is 5.56 Å². The van der Waals surface area contributed by atoms with E-state index >= 15 is 0 Å². The molecule has 1 aliphatic rings. The van der Waals surface area contributed by atoms with E-state index in [-0.39, 0.29) is 23.4 Å². The van der Waals surface area contributed by atoms with Gasteiger partial charge in [-0.1, -0.05) is 49.2 Å². The van der Waals surface area contributed by atoms with Crippen LogP contribution >= 0.6 is 0 Å². The molecular weight excluding hydrogens is 383 g/mol. The molecule has 0 aliphatic heterocycles. The predicted molar refractivity (Wildman–Crippen MR) is 111 cm³/mol. The van der Waals surface area contributed by atoms with Crippen LogP contribution in [0.4, 0.5) is 10.1 Å². The minimum atomic E-state index is -0.966. The lowest BCUT2D eigenvalue weighted by atomic mass is 10.0. The molecule has 0 bridgehead atoms. The molecular formula is C24H23FN2O3. The number of carbonyl (C=O) groups is 2. The van der Waals surface area contributed by atoms with E-state index in [1.807, 2.05) is 18.2 Å². The van der Waals surface area contributed by atoms with Gasteiger partial charge in [-0.25, -0.2) is 4.39 Å². The molecule has 1 saturated carbocycles. The molecule has 154 valence electrons. The van der Waals surface area contributed by atoms with Gasteiger partial charge in [0.25, 0.3) is 5.91 Å². The number of hydrogen-bond donors (Lipinski definition) is 1. The summed E-state index contributed by atoms with van der Waals surface area (Å²) in [4.78, 5) is 28.2. The second-order valence-electron chi connectivity index (χ2n) is 7.44. The number of furan rings is 1. The van der Waals surface area contributed by atoms with Crippen LogP contribution < -0.4 is 10.2 Å². The highest BCUT2D eigenvalue weighted by molar-refractivity contribution is 6.08. The minimum absolute atomic E-state index is 0.0776.